The molecule has 0 radical (unpaired) electrons. The number of carbonyl (C=O) groups excluding carboxylic acids is 1. The molecular weight excluding hydrogens is 371 g/mol. The van der Waals surface area contributed by atoms with Gasteiger partial charge in [-0.1, -0.05) is 11.6 Å². The molecule has 4 rings (SSSR count). The molecule has 2 aromatic heterocycles. The molecule has 140 valence electrons. The third-order valence-corrected chi connectivity index (χ3v) is 5.03. The van der Waals surface area contributed by atoms with Crippen molar-refractivity contribution in [1.29, 1.82) is 0 Å². The minimum Gasteiger partial charge on any atom is -0.376 e. The van der Waals surface area contributed by atoms with Crippen LogP contribution in [0.3, 0.4) is 0 Å². The van der Waals surface area contributed by atoms with Crippen molar-refractivity contribution < 1.29 is 13.9 Å². The van der Waals surface area contributed by atoms with E-state index in [0.717, 1.165) is 19.4 Å². The summed E-state index contributed by atoms with van der Waals surface area (Å²) in [7, 11) is 0. The highest BCUT2D eigenvalue weighted by Crippen LogP contribution is 2.30. The molecule has 0 spiro atoms. The lowest BCUT2D eigenvalue weighted by atomic mass is 10.2. The molecular formula is C19H18ClFN4O2. The Bertz CT molecular complexity index is 997. The van der Waals surface area contributed by atoms with Crippen molar-refractivity contribution >= 4 is 28.5 Å². The van der Waals surface area contributed by atoms with Crippen LogP contribution in [0.15, 0.2) is 30.5 Å². The van der Waals surface area contributed by atoms with Crippen molar-refractivity contribution in [2.75, 3.05) is 13.2 Å². The molecule has 8 heteroatoms. The summed E-state index contributed by atoms with van der Waals surface area (Å²) >= 11 is 6.52. The number of nitrogens with zero attached hydrogens (tertiary/aromatic N) is 3. The van der Waals surface area contributed by atoms with Crippen LogP contribution in [-0.4, -0.2) is 39.9 Å². The number of rotatable bonds is 4. The molecule has 1 saturated heterocycles. The van der Waals surface area contributed by atoms with Crippen LogP contribution in [0.2, 0.25) is 5.02 Å². The summed E-state index contributed by atoms with van der Waals surface area (Å²) in [5.41, 5.74) is 2.11. The van der Waals surface area contributed by atoms with Crippen LogP contribution >= 0.6 is 11.6 Å². The summed E-state index contributed by atoms with van der Waals surface area (Å²) in [6.45, 7) is 2.97. The van der Waals surface area contributed by atoms with E-state index in [1.54, 1.807) is 23.7 Å². The summed E-state index contributed by atoms with van der Waals surface area (Å²) in [5, 5.41) is 8.21. The summed E-state index contributed by atoms with van der Waals surface area (Å²) in [4.78, 5) is 16.9. The van der Waals surface area contributed by atoms with Gasteiger partial charge in [0, 0.05) is 19.3 Å². The van der Waals surface area contributed by atoms with Gasteiger partial charge in [-0.05, 0) is 44.0 Å². The number of carbonyl (C=O) groups is 1. The van der Waals surface area contributed by atoms with E-state index >= 15 is 0 Å². The number of benzene rings is 1. The van der Waals surface area contributed by atoms with Crippen LogP contribution in [0.4, 0.5) is 4.39 Å². The zero-order chi connectivity index (χ0) is 19.0. The van der Waals surface area contributed by atoms with Crippen LogP contribution in [0.25, 0.3) is 16.7 Å². The Labute approximate surface area is 160 Å². The van der Waals surface area contributed by atoms with E-state index in [1.165, 1.54) is 18.3 Å². The summed E-state index contributed by atoms with van der Waals surface area (Å²) in [5.74, 6) is -0.623. The Morgan fingerprint density at radius 1 is 1.41 bits per heavy atom. The molecule has 0 unspecified atom stereocenters. The van der Waals surface area contributed by atoms with Gasteiger partial charge in [0.2, 0.25) is 0 Å². The number of nitrogens with one attached hydrogen (secondary N) is 1. The van der Waals surface area contributed by atoms with E-state index in [2.05, 4.69) is 15.4 Å². The summed E-state index contributed by atoms with van der Waals surface area (Å²) in [6, 6.07) is 5.93. The van der Waals surface area contributed by atoms with E-state index in [1.807, 2.05) is 0 Å². The van der Waals surface area contributed by atoms with Crippen LogP contribution in [0, 0.1) is 12.7 Å². The van der Waals surface area contributed by atoms with Gasteiger partial charge >= 0.3 is 0 Å². The van der Waals surface area contributed by atoms with Gasteiger partial charge in [0.1, 0.15) is 5.82 Å². The smallest absolute Gasteiger partial charge is 0.254 e. The highest BCUT2D eigenvalue weighted by Gasteiger charge is 2.21. The number of fused-ring (bicyclic) bond motifs is 1. The largest absolute Gasteiger partial charge is 0.376 e. The standard InChI is InChI=1S/C19H18ClFN4O2/c1-11-16-17(20)15(19(26)23-9-14-3-2-8-27-14)10-22-18(16)25(24-11)13-6-4-12(21)5-7-13/h4-7,10,14H,2-3,8-9H2,1H3,(H,23,26)/t14-/m0/s1. The van der Waals surface area contributed by atoms with Crippen molar-refractivity contribution in [2.45, 2.75) is 25.9 Å². The zero-order valence-corrected chi connectivity index (χ0v) is 15.5. The van der Waals surface area contributed by atoms with Gasteiger partial charge < -0.3 is 10.1 Å². The fourth-order valence-electron chi connectivity index (χ4n) is 3.24. The Morgan fingerprint density at radius 2 is 2.19 bits per heavy atom. The highest BCUT2D eigenvalue weighted by molar-refractivity contribution is 6.38. The lowest BCUT2D eigenvalue weighted by molar-refractivity contribution is 0.0857. The Morgan fingerprint density at radius 3 is 2.89 bits per heavy atom. The Kier molecular flexibility index (Phi) is 4.80. The molecule has 1 amide bonds. The van der Waals surface area contributed by atoms with Crippen molar-refractivity contribution in [2.24, 2.45) is 0 Å². The molecule has 27 heavy (non-hydrogen) atoms. The van der Waals surface area contributed by atoms with E-state index < -0.39 is 0 Å². The molecule has 1 fully saturated rings. The second-order valence-corrected chi connectivity index (χ2v) is 6.88. The topological polar surface area (TPSA) is 69.0 Å². The second-order valence-electron chi connectivity index (χ2n) is 6.50. The number of aryl methyl sites for hydroxylation is 1. The molecule has 1 atom stereocenters. The van der Waals surface area contributed by atoms with Gasteiger partial charge in [-0.3, -0.25) is 4.79 Å². The van der Waals surface area contributed by atoms with Gasteiger partial charge in [0.05, 0.1) is 33.5 Å². The molecule has 1 N–H and O–H groups in total. The second kappa shape index (κ2) is 7.25. The third kappa shape index (κ3) is 3.40. The molecule has 0 saturated carbocycles. The van der Waals surface area contributed by atoms with Gasteiger partial charge in [0.25, 0.3) is 5.91 Å². The Balaban J connectivity index is 1.66. The number of aromatic nitrogens is 3. The number of amides is 1. The maximum atomic E-state index is 13.2. The lowest BCUT2D eigenvalue weighted by Gasteiger charge is -2.11. The predicted octanol–water partition coefficient (Wildman–Crippen LogP) is 3.43. The van der Waals surface area contributed by atoms with Crippen molar-refractivity contribution in [1.82, 2.24) is 20.1 Å². The molecule has 1 aliphatic rings. The number of hydrogen-bond donors (Lipinski definition) is 1. The van der Waals surface area contributed by atoms with Crippen molar-refractivity contribution in [3.8, 4) is 5.69 Å². The van der Waals surface area contributed by atoms with Gasteiger partial charge in [-0.15, -0.1) is 0 Å². The van der Waals surface area contributed by atoms with Crippen LogP contribution in [-0.2, 0) is 4.74 Å². The fourth-order valence-corrected chi connectivity index (χ4v) is 3.59. The molecule has 0 bridgehead atoms. The maximum absolute atomic E-state index is 13.2. The predicted molar refractivity (Wildman–Crippen MR) is 99.9 cm³/mol. The van der Waals surface area contributed by atoms with Crippen molar-refractivity contribution in [3.63, 3.8) is 0 Å². The lowest BCUT2D eigenvalue weighted by Crippen LogP contribution is -2.32. The number of pyridine rings is 1. The fraction of sp³-hybridized carbons (Fsp3) is 0.316. The Hall–Kier alpha value is -2.51. The number of hydrogen-bond acceptors (Lipinski definition) is 4. The van der Waals surface area contributed by atoms with Crippen LogP contribution < -0.4 is 5.32 Å². The minimum atomic E-state index is -0.330. The first-order valence-corrected chi connectivity index (χ1v) is 9.12. The average molecular weight is 389 g/mol. The highest BCUT2D eigenvalue weighted by atomic mass is 35.5. The quantitative estimate of drug-likeness (QED) is 0.743. The van der Waals surface area contributed by atoms with Crippen LogP contribution in [0.1, 0.15) is 28.9 Å². The van der Waals surface area contributed by atoms with Gasteiger partial charge in [-0.2, -0.15) is 5.10 Å². The first-order chi connectivity index (χ1) is 13.0. The van der Waals surface area contributed by atoms with E-state index in [0.29, 0.717) is 39.5 Å². The van der Waals surface area contributed by atoms with E-state index in [-0.39, 0.29) is 17.8 Å². The van der Waals surface area contributed by atoms with Gasteiger partial charge in [0.15, 0.2) is 5.65 Å². The molecule has 1 aliphatic heterocycles. The summed E-state index contributed by atoms with van der Waals surface area (Å²) in [6.07, 6.45) is 3.44. The van der Waals surface area contributed by atoms with Crippen molar-refractivity contribution in [3.05, 3.63) is 52.6 Å². The molecule has 0 aliphatic carbocycles. The third-order valence-electron chi connectivity index (χ3n) is 4.64. The number of ether oxygens (including phenoxy) is 1. The normalized spacial score (nSPS) is 16.8. The monoisotopic (exact) mass is 388 g/mol. The number of halogens is 2. The van der Waals surface area contributed by atoms with E-state index in [4.69, 9.17) is 16.3 Å². The first-order valence-electron chi connectivity index (χ1n) is 8.74. The molecule has 6 nitrogen and oxygen atoms in total. The van der Waals surface area contributed by atoms with Crippen LogP contribution in [0.5, 0.6) is 0 Å². The van der Waals surface area contributed by atoms with E-state index in [9.17, 15) is 9.18 Å². The molecule has 3 heterocycles. The first kappa shape index (κ1) is 17.9. The molecule has 1 aromatic carbocycles. The summed E-state index contributed by atoms with van der Waals surface area (Å²) < 4.78 is 20.3. The average Bonchev–Trinajstić information content (AvgIpc) is 3.29. The van der Waals surface area contributed by atoms with Gasteiger partial charge in [-0.25, -0.2) is 14.1 Å². The minimum absolute atomic E-state index is 0.0485. The molecule has 3 aromatic rings. The zero-order valence-electron chi connectivity index (χ0n) is 14.7. The SMILES string of the molecule is Cc1nn(-c2ccc(F)cc2)c2ncc(C(=O)NC[C@@H]3CCCO3)c(Cl)c12. The maximum Gasteiger partial charge on any atom is 0.254 e.